The summed E-state index contributed by atoms with van der Waals surface area (Å²) in [6.45, 7) is 8.76. The van der Waals surface area contributed by atoms with Gasteiger partial charge in [-0.05, 0) is 64.4 Å². The van der Waals surface area contributed by atoms with Crippen molar-refractivity contribution in [3.05, 3.63) is 47.5 Å². The van der Waals surface area contributed by atoms with Crippen LogP contribution in [0.4, 0.5) is 10.1 Å². The van der Waals surface area contributed by atoms with Crippen molar-refractivity contribution in [2.75, 3.05) is 31.8 Å². The van der Waals surface area contributed by atoms with Crippen LogP contribution in [0, 0.1) is 0 Å². The van der Waals surface area contributed by atoms with Crippen LogP contribution in [-0.2, 0) is 19.9 Å². The van der Waals surface area contributed by atoms with Gasteiger partial charge >= 0.3 is 5.97 Å². The molecule has 0 saturated carbocycles. The third-order valence-electron chi connectivity index (χ3n) is 5.03. The van der Waals surface area contributed by atoms with Crippen molar-refractivity contribution in [3.63, 3.8) is 0 Å². The van der Waals surface area contributed by atoms with Crippen LogP contribution in [0.3, 0.4) is 0 Å². The zero-order chi connectivity index (χ0) is 24.4. The van der Waals surface area contributed by atoms with E-state index < -0.39 is 23.1 Å². The maximum atomic E-state index is 14.7. The molecule has 1 heterocycles. The van der Waals surface area contributed by atoms with E-state index in [2.05, 4.69) is 4.74 Å². The van der Waals surface area contributed by atoms with Crippen LogP contribution in [-0.4, -0.2) is 44.3 Å². The fourth-order valence-electron chi connectivity index (χ4n) is 3.34. The van der Waals surface area contributed by atoms with Crippen LogP contribution in [0.1, 0.15) is 50.5 Å². The molecule has 0 atom stereocenters. The highest BCUT2D eigenvalue weighted by atomic mass is 19.1. The third kappa shape index (κ3) is 5.82. The van der Waals surface area contributed by atoms with Crippen molar-refractivity contribution in [1.82, 2.24) is 0 Å². The van der Waals surface area contributed by atoms with E-state index in [1.807, 2.05) is 20.8 Å². The Kier molecular flexibility index (Phi) is 6.97. The van der Waals surface area contributed by atoms with Gasteiger partial charge in [-0.1, -0.05) is 12.1 Å². The quantitative estimate of drug-likeness (QED) is 0.542. The van der Waals surface area contributed by atoms with Gasteiger partial charge < -0.3 is 23.8 Å². The van der Waals surface area contributed by atoms with Gasteiger partial charge in [-0.15, -0.1) is 0 Å². The summed E-state index contributed by atoms with van der Waals surface area (Å²) in [5.41, 5.74) is -1.01. The number of halogens is 1. The Morgan fingerprint density at radius 3 is 2.45 bits per heavy atom. The maximum Gasteiger partial charge on any atom is 0.343 e. The average molecular weight is 460 g/mol. The fraction of sp³-hybridized carbons (Fsp3) is 0.440. The molecular formula is C25H30FNO6. The Balaban J connectivity index is 2.07. The molecule has 0 aliphatic carbocycles. The molecule has 0 spiro atoms. The highest BCUT2D eigenvalue weighted by Crippen LogP contribution is 2.43. The molecular weight excluding hydrogens is 429 g/mol. The number of nitrogens with zero attached hydrogens (tertiary/aromatic N) is 1. The molecule has 0 N–H and O–H groups in total. The monoisotopic (exact) mass is 459 g/mol. The number of fused-ring (bicyclic) bond motifs is 2. The summed E-state index contributed by atoms with van der Waals surface area (Å²) < 4.78 is 36.8. The van der Waals surface area contributed by atoms with Gasteiger partial charge in [0.25, 0.3) is 5.91 Å². The van der Waals surface area contributed by atoms with E-state index in [-0.39, 0.29) is 36.8 Å². The molecule has 0 unspecified atom stereocenters. The summed E-state index contributed by atoms with van der Waals surface area (Å²) in [6.07, 6.45) is 0. The Morgan fingerprint density at radius 1 is 1.09 bits per heavy atom. The van der Waals surface area contributed by atoms with Gasteiger partial charge in [0.1, 0.15) is 22.7 Å². The first-order valence-corrected chi connectivity index (χ1v) is 10.7. The second kappa shape index (κ2) is 9.39. The molecule has 0 saturated heterocycles. The number of carbonyl (C=O) groups excluding carboxylic acids is 2. The predicted molar refractivity (Wildman–Crippen MR) is 122 cm³/mol. The van der Waals surface area contributed by atoms with E-state index in [4.69, 9.17) is 14.2 Å². The molecule has 3 rings (SSSR count). The Bertz CT molecular complexity index is 1040. The minimum Gasteiger partial charge on any atom is -0.481 e. The van der Waals surface area contributed by atoms with Crippen LogP contribution in [0.2, 0.25) is 0 Å². The largest absolute Gasteiger partial charge is 0.481 e. The molecule has 2 aromatic carbocycles. The zero-order valence-corrected chi connectivity index (χ0v) is 19.9. The smallest absolute Gasteiger partial charge is 0.343 e. The lowest BCUT2D eigenvalue weighted by atomic mass is 9.99. The van der Waals surface area contributed by atoms with Gasteiger partial charge in [-0.2, -0.15) is 0 Å². The van der Waals surface area contributed by atoms with Crippen LogP contribution < -0.4 is 14.4 Å². The van der Waals surface area contributed by atoms with Crippen LogP contribution in [0.25, 0.3) is 0 Å². The number of rotatable bonds is 7. The fourth-order valence-corrected chi connectivity index (χ4v) is 3.34. The lowest BCUT2D eigenvalue weighted by Crippen LogP contribution is -2.36. The number of esters is 1. The van der Waals surface area contributed by atoms with Crippen molar-refractivity contribution in [1.29, 1.82) is 0 Å². The molecule has 1 aliphatic rings. The van der Waals surface area contributed by atoms with Gasteiger partial charge in [0, 0.05) is 6.54 Å². The predicted octanol–water partition coefficient (Wildman–Crippen LogP) is 5.01. The van der Waals surface area contributed by atoms with E-state index in [1.165, 1.54) is 25.9 Å². The van der Waals surface area contributed by atoms with Gasteiger partial charge in [-0.25, -0.2) is 9.18 Å². The topological polar surface area (TPSA) is 74.3 Å². The Hall–Kier alpha value is -3.13. The van der Waals surface area contributed by atoms with E-state index in [0.29, 0.717) is 17.0 Å². The van der Waals surface area contributed by atoms with E-state index in [0.717, 1.165) is 0 Å². The number of alkyl halides is 1. The minimum atomic E-state index is -1.61. The summed E-state index contributed by atoms with van der Waals surface area (Å²) in [7, 11) is 1.25. The summed E-state index contributed by atoms with van der Waals surface area (Å²) >= 11 is 0. The molecule has 1 amide bonds. The minimum absolute atomic E-state index is 0.162. The summed E-state index contributed by atoms with van der Waals surface area (Å²) in [5.74, 6) is -0.131. The highest BCUT2D eigenvalue weighted by molar-refractivity contribution is 6.11. The number of carbonyl (C=O) groups is 2. The van der Waals surface area contributed by atoms with Crippen LogP contribution in [0.15, 0.2) is 36.4 Å². The normalized spacial score (nSPS) is 13.5. The van der Waals surface area contributed by atoms with Crippen LogP contribution >= 0.6 is 0 Å². The van der Waals surface area contributed by atoms with E-state index in [1.54, 1.807) is 36.4 Å². The molecule has 7 nitrogen and oxygen atoms in total. The molecule has 0 bridgehead atoms. The molecule has 178 valence electrons. The molecule has 2 aromatic rings. The SMILES string of the molecule is COC(=O)COc1cccc2c1C(=O)N(CCOC(C)(C)C)c1cc(C(C)(C)F)ccc1O2. The lowest BCUT2D eigenvalue weighted by Gasteiger charge is -2.27. The van der Waals surface area contributed by atoms with E-state index in [9.17, 15) is 14.0 Å². The lowest BCUT2D eigenvalue weighted by molar-refractivity contribution is -0.142. The second-order valence-electron chi connectivity index (χ2n) is 9.17. The summed E-state index contributed by atoms with van der Waals surface area (Å²) in [4.78, 5) is 26.8. The van der Waals surface area contributed by atoms with Crippen molar-refractivity contribution >= 4 is 17.6 Å². The number of methoxy groups -OCH3 is 1. The number of ether oxygens (including phenoxy) is 4. The molecule has 1 aliphatic heterocycles. The standard InChI is InChI=1S/C25H30FNO6/c1-24(2,3)32-13-12-27-17-14-16(25(4,5)26)10-11-18(17)33-20-9-7-8-19(22(20)23(27)29)31-15-21(28)30-6/h7-11,14H,12-13,15H2,1-6H3. The number of benzene rings is 2. The average Bonchev–Trinajstić information content (AvgIpc) is 2.84. The summed E-state index contributed by atoms with van der Waals surface area (Å²) in [5, 5.41) is 0. The van der Waals surface area contributed by atoms with Crippen LogP contribution in [0.5, 0.6) is 17.2 Å². The number of anilines is 1. The molecule has 8 heteroatoms. The molecule has 33 heavy (non-hydrogen) atoms. The number of hydrogen-bond donors (Lipinski definition) is 0. The van der Waals surface area contributed by atoms with Crippen molar-refractivity contribution in [2.45, 2.75) is 45.9 Å². The maximum absolute atomic E-state index is 14.7. The van der Waals surface area contributed by atoms with Gasteiger partial charge in [0.05, 0.1) is 25.0 Å². The van der Waals surface area contributed by atoms with Crippen molar-refractivity contribution in [2.24, 2.45) is 0 Å². The Morgan fingerprint density at radius 2 is 1.82 bits per heavy atom. The molecule has 0 aromatic heterocycles. The molecule has 0 radical (unpaired) electrons. The molecule has 0 fully saturated rings. The summed E-state index contributed by atoms with van der Waals surface area (Å²) in [6, 6.07) is 9.79. The van der Waals surface area contributed by atoms with Crippen molar-refractivity contribution < 1.29 is 32.9 Å². The van der Waals surface area contributed by atoms with Gasteiger partial charge in [0.2, 0.25) is 0 Å². The zero-order valence-electron chi connectivity index (χ0n) is 19.9. The third-order valence-corrected chi connectivity index (χ3v) is 5.03. The first kappa shape index (κ1) is 24.5. The van der Waals surface area contributed by atoms with Gasteiger partial charge in [0.15, 0.2) is 12.4 Å². The van der Waals surface area contributed by atoms with Crippen molar-refractivity contribution in [3.8, 4) is 17.2 Å². The second-order valence-corrected chi connectivity index (χ2v) is 9.17. The Labute approximate surface area is 193 Å². The van der Waals surface area contributed by atoms with Gasteiger partial charge in [-0.3, -0.25) is 4.79 Å². The number of amides is 1. The number of hydrogen-bond acceptors (Lipinski definition) is 6. The first-order valence-electron chi connectivity index (χ1n) is 10.7. The first-order chi connectivity index (χ1) is 15.4. The van der Waals surface area contributed by atoms with E-state index >= 15 is 0 Å². The highest BCUT2D eigenvalue weighted by Gasteiger charge is 2.33.